The van der Waals surface area contributed by atoms with Crippen LogP contribution < -0.4 is 0 Å². The summed E-state index contributed by atoms with van der Waals surface area (Å²) in [5.74, 6) is -0.390. The summed E-state index contributed by atoms with van der Waals surface area (Å²) in [6.07, 6.45) is -11.6. The van der Waals surface area contributed by atoms with Gasteiger partial charge < -0.3 is 24.6 Å². The monoisotopic (exact) mass is 452 g/mol. The molecule has 0 aliphatic carbocycles. The van der Waals surface area contributed by atoms with E-state index in [1.165, 1.54) is 12.1 Å². The van der Waals surface area contributed by atoms with Gasteiger partial charge in [-0.1, -0.05) is 23.9 Å². The lowest BCUT2D eigenvalue weighted by atomic mass is 9.94. The smallest absolute Gasteiger partial charge is 0.388 e. The molecular formula is C19H24F4N2O4S. The van der Waals surface area contributed by atoms with Crippen molar-refractivity contribution in [1.82, 2.24) is 4.90 Å². The first kappa shape index (κ1) is 23.3. The van der Waals surface area contributed by atoms with E-state index >= 15 is 0 Å². The molecule has 0 spiro atoms. The molecule has 1 aromatic carbocycles. The van der Waals surface area contributed by atoms with Crippen molar-refractivity contribution in [2.24, 2.45) is 4.99 Å². The summed E-state index contributed by atoms with van der Waals surface area (Å²) in [7, 11) is 3.43. The fraction of sp³-hybridized carbons (Fsp3) is 0.632. The molecular weight excluding hydrogens is 428 g/mol. The third-order valence-electron chi connectivity index (χ3n) is 4.91. The van der Waals surface area contributed by atoms with E-state index in [2.05, 4.69) is 4.99 Å². The van der Waals surface area contributed by atoms with Crippen LogP contribution in [0.25, 0.3) is 0 Å². The molecule has 168 valence electrons. The van der Waals surface area contributed by atoms with Crippen molar-refractivity contribution >= 4 is 16.9 Å². The van der Waals surface area contributed by atoms with Gasteiger partial charge in [-0.15, -0.1) is 0 Å². The molecule has 2 aliphatic rings. The fourth-order valence-corrected chi connectivity index (χ4v) is 4.50. The molecule has 6 nitrogen and oxygen atoms in total. The highest BCUT2D eigenvalue weighted by atomic mass is 32.2. The highest BCUT2D eigenvalue weighted by Crippen LogP contribution is 2.40. The van der Waals surface area contributed by atoms with Gasteiger partial charge in [-0.2, -0.15) is 13.2 Å². The first-order chi connectivity index (χ1) is 14.1. The van der Waals surface area contributed by atoms with Crippen LogP contribution in [0.5, 0.6) is 0 Å². The van der Waals surface area contributed by atoms with E-state index in [9.17, 15) is 27.8 Å². The van der Waals surface area contributed by atoms with Crippen LogP contribution in [0.15, 0.2) is 29.3 Å². The van der Waals surface area contributed by atoms with Gasteiger partial charge in [0.1, 0.15) is 35.6 Å². The standard InChI is InChI=1S/C19H24F4N2O4S/c1-25(2)18-24-12-13(26)14(27)15(29-17(12)30-18)16(19(21,22)23)28-9-3-4-10-5-7-11(20)8-6-10/h5-8,12-17,26-27H,3-4,9H2,1-2H3/t12-,13-,14+,15?,16-,17-/m1/s1. The maximum Gasteiger partial charge on any atom is 0.417 e. The molecule has 0 saturated carbocycles. The number of fused-ring (bicyclic) bond motifs is 1. The van der Waals surface area contributed by atoms with Crippen LogP contribution in [0.3, 0.4) is 0 Å². The van der Waals surface area contributed by atoms with Crippen molar-refractivity contribution in [2.75, 3.05) is 20.7 Å². The average Bonchev–Trinajstić information content (AvgIpc) is 3.10. The van der Waals surface area contributed by atoms with Gasteiger partial charge in [0.15, 0.2) is 11.3 Å². The zero-order chi connectivity index (χ0) is 22.1. The number of rotatable bonds is 6. The minimum Gasteiger partial charge on any atom is -0.388 e. The Labute approximate surface area is 175 Å². The third kappa shape index (κ3) is 5.25. The van der Waals surface area contributed by atoms with E-state index in [0.29, 0.717) is 11.6 Å². The summed E-state index contributed by atoms with van der Waals surface area (Å²) in [6, 6.07) is 4.82. The zero-order valence-corrected chi connectivity index (χ0v) is 17.2. The maximum atomic E-state index is 13.7. The molecule has 6 atom stereocenters. The van der Waals surface area contributed by atoms with Crippen LogP contribution >= 0.6 is 11.8 Å². The molecule has 1 saturated heterocycles. The molecule has 2 N–H and O–H groups in total. The van der Waals surface area contributed by atoms with Gasteiger partial charge in [-0.25, -0.2) is 4.39 Å². The Bertz CT molecular complexity index is 747. The number of benzene rings is 1. The molecule has 1 fully saturated rings. The number of nitrogens with zero attached hydrogens (tertiary/aromatic N) is 2. The Balaban J connectivity index is 1.63. The molecule has 2 aliphatic heterocycles. The largest absolute Gasteiger partial charge is 0.417 e. The Morgan fingerprint density at radius 3 is 2.47 bits per heavy atom. The van der Waals surface area contributed by atoms with Gasteiger partial charge >= 0.3 is 6.18 Å². The second-order valence-corrected chi connectivity index (χ2v) is 8.49. The van der Waals surface area contributed by atoms with Crippen LogP contribution in [0.4, 0.5) is 17.6 Å². The van der Waals surface area contributed by atoms with Crippen molar-refractivity contribution in [1.29, 1.82) is 0 Å². The number of hydrogen-bond donors (Lipinski definition) is 2. The molecule has 1 unspecified atom stereocenters. The number of ether oxygens (including phenoxy) is 2. The topological polar surface area (TPSA) is 74.5 Å². The second-order valence-electron chi connectivity index (χ2n) is 7.43. The second kappa shape index (κ2) is 9.39. The molecule has 0 aromatic heterocycles. The number of aryl methyl sites for hydroxylation is 1. The summed E-state index contributed by atoms with van der Waals surface area (Å²) in [5, 5.41) is 21.2. The van der Waals surface area contributed by atoms with Crippen molar-refractivity contribution in [2.45, 2.75) is 54.9 Å². The fourth-order valence-electron chi connectivity index (χ4n) is 3.35. The van der Waals surface area contributed by atoms with Gasteiger partial charge in [-0.05, 0) is 30.5 Å². The number of halogens is 4. The number of aliphatic hydroxyl groups excluding tert-OH is 2. The number of amidine groups is 1. The normalized spacial score (nSPS) is 30.0. The van der Waals surface area contributed by atoms with Crippen LogP contribution in [-0.4, -0.2) is 83.1 Å². The molecule has 0 radical (unpaired) electrons. The molecule has 1 aromatic rings. The number of aliphatic imine (C=N–C) groups is 1. The van der Waals surface area contributed by atoms with E-state index in [1.807, 2.05) is 0 Å². The van der Waals surface area contributed by atoms with Crippen LogP contribution in [0, 0.1) is 5.82 Å². The van der Waals surface area contributed by atoms with Crippen LogP contribution in [0.1, 0.15) is 12.0 Å². The molecule has 11 heteroatoms. The van der Waals surface area contributed by atoms with Crippen LogP contribution in [0.2, 0.25) is 0 Å². The molecule has 0 bridgehead atoms. The summed E-state index contributed by atoms with van der Waals surface area (Å²) < 4.78 is 64.5. The lowest BCUT2D eigenvalue weighted by Gasteiger charge is -2.41. The van der Waals surface area contributed by atoms with E-state index < -0.39 is 47.9 Å². The van der Waals surface area contributed by atoms with Gasteiger partial charge in [0.2, 0.25) is 0 Å². The minimum atomic E-state index is -4.80. The summed E-state index contributed by atoms with van der Waals surface area (Å²) >= 11 is 1.10. The van der Waals surface area contributed by atoms with Crippen molar-refractivity contribution < 1.29 is 37.2 Å². The summed E-state index contributed by atoms with van der Waals surface area (Å²) in [6.45, 7) is -0.245. The quantitative estimate of drug-likeness (QED) is 0.509. The van der Waals surface area contributed by atoms with Crippen molar-refractivity contribution in [3.05, 3.63) is 35.6 Å². The van der Waals surface area contributed by atoms with E-state index in [-0.39, 0.29) is 13.0 Å². The Morgan fingerprint density at radius 1 is 1.20 bits per heavy atom. The summed E-state index contributed by atoms with van der Waals surface area (Å²) in [4.78, 5) is 5.89. The minimum absolute atomic E-state index is 0.245. The molecule has 0 amide bonds. The predicted octanol–water partition coefficient (Wildman–Crippen LogP) is 2.19. The van der Waals surface area contributed by atoms with Crippen molar-refractivity contribution in [3.8, 4) is 0 Å². The first-order valence-corrected chi connectivity index (χ1v) is 10.3. The highest BCUT2D eigenvalue weighted by Gasteiger charge is 2.57. The maximum absolute atomic E-state index is 13.7. The van der Waals surface area contributed by atoms with Gasteiger partial charge in [0.25, 0.3) is 0 Å². The van der Waals surface area contributed by atoms with E-state index in [0.717, 1.165) is 17.3 Å². The number of thioether (sulfide) groups is 1. The van der Waals surface area contributed by atoms with Crippen LogP contribution in [-0.2, 0) is 15.9 Å². The zero-order valence-electron chi connectivity index (χ0n) is 16.4. The lowest BCUT2D eigenvalue weighted by Crippen LogP contribution is -2.61. The lowest BCUT2D eigenvalue weighted by molar-refractivity contribution is -0.284. The third-order valence-corrected chi connectivity index (χ3v) is 6.22. The Hall–Kier alpha value is -1.40. The Kier molecular flexibility index (Phi) is 7.28. The average molecular weight is 452 g/mol. The number of aliphatic hydroxyl groups is 2. The SMILES string of the molecule is CN(C)C1=N[C@@H]2[C@@H](O)[C@H](O)C([C@@H](OCCCc3ccc(F)cc3)C(F)(F)F)O[C@@H]2S1. The number of hydrogen-bond acceptors (Lipinski definition) is 7. The Morgan fingerprint density at radius 2 is 1.87 bits per heavy atom. The van der Waals surface area contributed by atoms with E-state index in [4.69, 9.17) is 9.47 Å². The predicted molar refractivity (Wildman–Crippen MR) is 104 cm³/mol. The molecule has 2 heterocycles. The highest BCUT2D eigenvalue weighted by molar-refractivity contribution is 8.14. The number of alkyl halides is 3. The van der Waals surface area contributed by atoms with Gasteiger partial charge in [0, 0.05) is 20.7 Å². The summed E-state index contributed by atoms with van der Waals surface area (Å²) in [5.41, 5.74) is -0.0787. The molecule has 3 rings (SSSR count). The van der Waals surface area contributed by atoms with Gasteiger partial charge in [0.05, 0.1) is 0 Å². The first-order valence-electron chi connectivity index (χ1n) is 9.44. The van der Waals surface area contributed by atoms with Crippen molar-refractivity contribution in [3.63, 3.8) is 0 Å². The molecule has 30 heavy (non-hydrogen) atoms. The van der Waals surface area contributed by atoms with Gasteiger partial charge in [-0.3, -0.25) is 4.99 Å². The van der Waals surface area contributed by atoms with E-state index in [1.54, 1.807) is 31.1 Å².